The van der Waals surface area contributed by atoms with Crippen LogP contribution in [0.15, 0.2) is 0 Å². The summed E-state index contributed by atoms with van der Waals surface area (Å²) in [4.78, 5) is 21.3. The highest BCUT2D eigenvalue weighted by molar-refractivity contribution is 5.84. The van der Waals surface area contributed by atoms with Crippen LogP contribution in [-0.2, 0) is 9.59 Å². The van der Waals surface area contributed by atoms with E-state index in [1.54, 1.807) is 0 Å². The molecule has 0 spiro atoms. The van der Waals surface area contributed by atoms with Crippen LogP contribution >= 0.6 is 0 Å². The van der Waals surface area contributed by atoms with Gasteiger partial charge >= 0.3 is 0 Å². The van der Waals surface area contributed by atoms with Crippen LogP contribution in [0.2, 0.25) is 0 Å². The average Bonchev–Trinajstić information content (AvgIpc) is 1.96. The maximum absolute atomic E-state index is 11.3. The van der Waals surface area contributed by atoms with Crippen LogP contribution < -0.4 is 10.6 Å². The number of amides is 2. The first-order valence-corrected chi connectivity index (χ1v) is 4.03. The van der Waals surface area contributed by atoms with Gasteiger partial charge in [0.2, 0.25) is 12.3 Å². The first kappa shape index (κ1) is 11.9. The van der Waals surface area contributed by atoms with Crippen molar-refractivity contribution in [2.75, 3.05) is 6.61 Å². The molecule has 0 aromatic carbocycles. The first-order chi connectivity index (χ1) is 5.90. The Morgan fingerprint density at radius 1 is 1.54 bits per heavy atom. The van der Waals surface area contributed by atoms with Crippen LogP contribution in [0, 0.1) is 0 Å². The zero-order valence-electron chi connectivity index (χ0n) is 8.13. The molecule has 13 heavy (non-hydrogen) atoms. The lowest BCUT2D eigenvalue weighted by Crippen LogP contribution is -2.52. The lowest BCUT2D eigenvalue weighted by molar-refractivity contribution is -0.127. The summed E-state index contributed by atoms with van der Waals surface area (Å²) in [6, 6.07) is -0.864. The fourth-order valence-electron chi connectivity index (χ4n) is 0.750. The molecule has 3 N–H and O–H groups in total. The molecule has 2 amide bonds. The van der Waals surface area contributed by atoms with Gasteiger partial charge in [-0.3, -0.25) is 9.59 Å². The van der Waals surface area contributed by atoms with Gasteiger partial charge in [-0.25, -0.2) is 0 Å². The Bertz CT molecular complexity index is 186. The van der Waals surface area contributed by atoms with Gasteiger partial charge in [0, 0.05) is 5.54 Å². The molecule has 0 bridgehead atoms. The summed E-state index contributed by atoms with van der Waals surface area (Å²) in [7, 11) is 0. The van der Waals surface area contributed by atoms with E-state index in [-0.39, 0.29) is 11.4 Å². The molecule has 0 aliphatic heterocycles. The van der Waals surface area contributed by atoms with Gasteiger partial charge in [-0.2, -0.15) is 0 Å². The highest BCUT2D eigenvalue weighted by atomic mass is 16.3. The van der Waals surface area contributed by atoms with E-state index in [9.17, 15) is 9.59 Å². The summed E-state index contributed by atoms with van der Waals surface area (Å²) in [5.74, 6) is -0.387. The minimum Gasteiger partial charge on any atom is -0.394 e. The Kier molecular flexibility index (Phi) is 4.40. The van der Waals surface area contributed by atoms with Crippen LogP contribution in [0.4, 0.5) is 0 Å². The second-order valence-corrected chi connectivity index (χ2v) is 3.76. The molecule has 0 radical (unpaired) electrons. The molecule has 76 valence electrons. The number of nitrogens with one attached hydrogen (secondary N) is 2. The summed E-state index contributed by atoms with van der Waals surface area (Å²) in [6.45, 7) is 5.06. The molecular formula is C8H16N2O3. The molecule has 0 aliphatic carbocycles. The molecule has 0 heterocycles. The fourth-order valence-corrected chi connectivity index (χ4v) is 0.750. The van der Waals surface area contributed by atoms with E-state index >= 15 is 0 Å². The van der Waals surface area contributed by atoms with Crippen LogP contribution in [0.5, 0.6) is 0 Å². The van der Waals surface area contributed by atoms with E-state index in [2.05, 4.69) is 10.6 Å². The SMILES string of the molecule is CC(C)(C)NC(=O)[C@H](CO)NC=O. The van der Waals surface area contributed by atoms with Crippen LogP contribution in [0.1, 0.15) is 20.8 Å². The van der Waals surface area contributed by atoms with Crippen molar-refractivity contribution in [3.63, 3.8) is 0 Å². The number of hydrogen-bond donors (Lipinski definition) is 3. The lowest BCUT2D eigenvalue weighted by atomic mass is 10.1. The highest BCUT2D eigenvalue weighted by Gasteiger charge is 2.21. The molecule has 0 rings (SSSR count). The van der Waals surface area contributed by atoms with Crippen molar-refractivity contribution in [2.24, 2.45) is 0 Å². The standard InChI is InChI=1S/C8H16N2O3/c1-8(2,3)10-7(13)6(4-11)9-5-12/h5-6,11H,4H2,1-3H3,(H,9,12)(H,10,13)/t6-/m0/s1. The number of carbonyl (C=O) groups excluding carboxylic acids is 2. The molecule has 5 nitrogen and oxygen atoms in total. The van der Waals surface area contributed by atoms with Gasteiger partial charge in [-0.15, -0.1) is 0 Å². The number of carbonyl (C=O) groups is 2. The molecule has 0 unspecified atom stereocenters. The van der Waals surface area contributed by atoms with E-state index < -0.39 is 12.6 Å². The highest BCUT2D eigenvalue weighted by Crippen LogP contribution is 1.98. The van der Waals surface area contributed by atoms with E-state index in [0.717, 1.165) is 0 Å². The predicted octanol–water partition coefficient (Wildman–Crippen LogP) is -0.992. The molecule has 0 saturated heterocycles. The molecule has 0 aliphatic rings. The minimum absolute atomic E-state index is 0.366. The van der Waals surface area contributed by atoms with Gasteiger partial charge < -0.3 is 15.7 Å². The molecule has 1 atom stereocenters. The van der Waals surface area contributed by atoms with Crippen molar-refractivity contribution in [1.29, 1.82) is 0 Å². The molecule has 0 aromatic heterocycles. The first-order valence-electron chi connectivity index (χ1n) is 4.03. The Balaban J connectivity index is 4.13. The number of hydrogen-bond acceptors (Lipinski definition) is 3. The van der Waals surface area contributed by atoms with Crippen molar-refractivity contribution in [3.05, 3.63) is 0 Å². The Morgan fingerprint density at radius 2 is 2.08 bits per heavy atom. The minimum atomic E-state index is -0.864. The molecule has 0 aromatic rings. The number of aliphatic hydroxyl groups excluding tert-OH is 1. The Labute approximate surface area is 77.5 Å². The zero-order chi connectivity index (χ0) is 10.5. The fraction of sp³-hybridized carbons (Fsp3) is 0.750. The van der Waals surface area contributed by atoms with E-state index in [1.165, 1.54) is 0 Å². The summed E-state index contributed by atoms with van der Waals surface area (Å²) >= 11 is 0. The summed E-state index contributed by atoms with van der Waals surface area (Å²) in [5, 5.41) is 13.6. The van der Waals surface area contributed by atoms with Gasteiger partial charge in [-0.05, 0) is 20.8 Å². The zero-order valence-corrected chi connectivity index (χ0v) is 8.13. The van der Waals surface area contributed by atoms with Crippen LogP contribution in [0.3, 0.4) is 0 Å². The Morgan fingerprint density at radius 3 is 2.38 bits per heavy atom. The molecule has 0 fully saturated rings. The second kappa shape index (κ2) is 4.81. The third kappa shape index (κ3) is 5.19. The summed E-state index contributed by atoms with van der Waals surface area (Å²) < 4.78 is 0. The van der Waals surface area contributed by atoms with E-state index in [0.29, 0.717) is 6.41 Å². The second-order valence-electron chi connectivity index (χ2n) is 3.76. The van der Waals surface area contributed by atoms with Gasteiger partial charge in [0.1, 0.15) is 6.04 Å². The number of rotatable bonds is 4. The van der Waals surface area contributed by atoms with Gasteiger partial charge in [0.15, 0.2) is 0 Å². The maximum atomic E-state index is 11.3. The van der Waals surface area contributed by atoms with E-state index in [4.69, 9.17) is 5.11 Å². The normalized spacial score (nSPS) is 13.2. The van der Waals surface area contributed by atoms with Gasteiger partial charge in [0.05, 0.1) is 6.61 Å². The van der Waals surface area contributed by atoms with Crippen LogP contribution in [-0.4, -0.2) is 35.6 Å². The third-order valence-electron chi connectivity index (χ3n) is 1.27. The topological polar surface area (TPSA) is 78.4 Å². The predicted molar refractivity (Wildman–Crippen MR) is 48.0 cm³/mol. The quantitative estimate of drug-likeness (QED) is 0.495. The van der Waals surface area contributed by atoms with E-state index in [1.807, 2.05) is 20.8 Å². The summed E-state index contributed by atoms with van der Waals surface area (Å²) in [6.07, 6.45) is 0.392. The number of aliphatic hydroxyl groups is 1. The molecule has 5 heteroatoms. The average molecular weight is 188 g/mol. The third-order valence-corrected chi connectivity index (χ3v) is 1.27. The monoisotopic (exact) mass is 188 g/mol. The maximum Gasteiger partial charge on any atom is 0.245 e. The lowest BCUT2D eigenvalue weighted by Gasteiger charge is -2.23. The van der Waals surface area contributed by atoms with Crippen molar-refractivity contribution in [3.8, 4) is 0 Å². The van der Waals surface area contributed by atoms with Crippen molar-refractivity contribution >= 4 is 12.3 Å². The smallest absolute Gasteiger partial charge is 0.245 e. The van der Waals surface area contributed by atoms with Gasteiger partial charge in [-0.1, -0.05) is 0 Å². The molecule has 0 saturated carbocycles. The van der Waals surface area contributed by atoms with Crippen molar-refractivity contribution < 1.29 is 14.7 Å². The van der Waals surface area contributed by atoms with Crippen molar-refractivity contribution in [2.45, 2.75) is 32.4 Å². The van der Waals surface area contributed by atoms with Crippen LogP contribution in [0.25, 0.3) is 0 Å². The van der Waals surface area contributed by atoms with Crippen molar-refractivity contribution in [1.82, 2.24) is 10.6 Å². The Hall–Kier alpha value is -1.10. The van der Waals surface area contributed by atoms with Gasteiger partial charge in [0.25, 0.3) is 0 Å². The largest absolute Gasteiger partial charge is 0.394 e. The summed E-state index contributed by atoms with van der Waals surface area (Å²) in [5.41, 5.74) is -0.366. The molecular weight excluding hydrogens is 172 g/mol.